The second-order valence-corrected chi connectivity index (χ2v) is 15.5. The molecule has 0 amide bonds. The Morgan fingerprint density at radius 3 is 1.35 bits per heavy atom. The highest BCUT2D eigenvalue weighted by Gasteiger charge is 2.23. The third-order valence-electron chi connectivity index (χ3n) is 8.39. The normalized spacial score (nSPS) is 11.9. The largest absolute Gasteiger partial charge is 0.507 e. The molecule has 3 heteroatoms. The number of aromatic hydroxyl groups is 1. The first-order chi connectivity index (χ1) is 19.3. The topological polar surface area (TPSA) is 20.2 Å². The molecule has 0 aliphatic carbocycles. The van der Waals surface area contributed by atoms with Crippen molar-refractivity contribution in [3.8, 4) is 5.75 Å². The number of unbranched alkanes of at least 4 members (excludes halogenated alkanes) is 18. The zero-order valence-electron chi connectivity index (χ0n) is 27.8. The lowest BCUT2D eigenvalue weighted by Crippen LogP contribution is -2.14. The first-order valence-corrected chi connectivity index (χ1v) is 19.6. The average molecular weight is 593 g/mol. The molecule has 0 fully saturated rings. The van der Waals surface area contributed by atoms with Crippen molar-refractivity contribution in [1.29, 1.82) is 0 Å². The zero-order valence-corrected chi connectivity index (χ0v) is 29.4. The summed E-state index contributed by atoms with van der Waals surface area (Å²) in [5.41, 5.74) is 5.05. The van der Waals surface area contributed by atoms with Crippen LogP contribution in [0.4, 0.5) is 0 Å². The van der Waals surface area contributed by atoms with Gasteiger partial charge >= 0.3 is 0 Å². The maximum Gasteiger partial charge on any atom is 0.123 e. The summed E-state index contributed by atoms with van der Waals surface area (Å²) in [4.78, 5) is 0. The predicted molar refractivity (Wildman–Crippen MR) is 188 cm³/mol. The molecule has 0 radical (unpaired) electrons. The Morgan fingerprint density at radius 2 is 0.950 bits per heavy atom. The van der Waals surface area contributed by atoms with E-state index in [0.717, 1.165) is 17.1 Å². The molecule has 0 aliphatic rings. The van der Waals surface area contributed by atoms with Gasteiger partial charge in [-0.25, -0.2) is 0 Å². The van der Waals surface area contributed by atoms with Gasteiger partial charge in [0, 0.05) is 17.1 Å². The van der Waals surface area contributed by atoms with Crippen molar-refractivity contribution in [3.05, 3.63) is 28.3 Å². The van der Waals surface area contributed by atoms with Gasteiger partial charge in [-0.3, -0.25) is 0 Å². The summed E-state index contributed by atoms with van der Waals surface area (Å²) in [5.74, 6) is 5.03. The van der Waals surface area contributed by atoms with Crippen molar-refractivity contribution >= 4 is 23.5 Å². The van der Waals surface area contributed by atoms with Gasteiger partial charge in [-0.1, -0.05) is 156 Å². The van der Waals surface area contributed by atoms with Crippen molar-refractivity contribution in [2.24, 2.45) is 0 Å². The Balaban J connectivity index is 2.39. The van der Waals surface area contributed by atoms with Gasteiger partial charge in [-0.15, -0.1) is 0 Å². The standard InChI is InChI=1S/C37H68OS2/c1-7-9-11-13-15-17-19-21-23-25-27-39-30-33-29-35(37(4,5)6)36(38)34(32(33)3)31-40-28-26-24-22-20-18-16-14-12-10-8-2/h29,38H,7-28,30-31H2,1-6H3. The highest BCUT2D eigenvalue weighted by molar-refractivity contribution is 7.98. The van der Waals surface area contributed by atoms with Gasteiger partial charge in [0.15, 0.2) is 0 Å². The monoisotopic (exact) mass is 592 g/mol. The lowest BCUT2D eigenvalue weighted by Gasteiger charge is -2.25. The minimum Gasteiger partial charge on any atom is -0.507 e. The molecule has 0 saturated carbocycles. The predicted octanol–water partition coefficient (Wildman–Crippen LogP) is 13.3. The molecule has 0 unspecified atom stereocenters. The zero-order chi connectivity index (χ0) is 29.5. The van der Waals surface area contributed by atoms with E-state index in [2.05, 4.69) is 59.4 Å². The number of benzene rings is 1. The first kappa shape index (κ1) is 37.7. The fourth-order valence-corrected chi connectivity index (χ4v) is 7.70. The third-order valence-corrected chi connectivity index (χ3v) is 10.6. The molecule has 0 spiro atoms. The molecule has 40 heavy (non-hydrogen) atoms. The minimum atomic E-state index is -0.0380. The highest BCUT2D eigenvalue weighted by Crippen LogP contribution is 2.39. The van der Waals surface area contributed by atoms with Crippen LogP contribution in [0.15, 0.2) is 6.07 Å². The summed E-state index contributed by atoms with van der Waals surface area (Å²) in [6, 6.07) is 2.31. The van der Waals surface area contributed by atoms with Crippen LogP contribution >= 0.6 is 23.5 Å². The number of hydrogen-bond donors (Lipinski definition) is 1. The van der Waals surface area contributed by atoms with Gasteiger partial charge in [-0.2, -0.15) is 23.5 Å². The quantitative estimate of drug-likeness (QED) is 0.108. The summed E-state index contributed by atoms with van der Waals surface area (Å²) >= 11 is 4.11. The van der Waals surface area contributed by atoms with Crippen LogP contribution in [-0.4, -0.2) is 16.6 Å². The van der Waals surface area contributed by atoms with E-state index in [1.54, 1.807) is 0 Å². The van der Waals surface area contributed by atoms with E-state index in [4.69, 9.17) is 0 Å². The third kappa shape index (κ3) is 17.6. The van der Waals surface area contributed by atoms with Crippen LogP contribution in [0, 0.1) is 6.92 Å². The van der Waals surface area contributed by atoms with Crippen LogP contribution in [0.1, 0.15) is 185 Å². The molecule has 1 N–H and O–H groups in total. The second kappa shape index (κ2) is 24.2. The van der Waals surface area contributed by atoms with E-state index in [1.807, 2.05) is 11.8 Å². The number of phenolic OH excluding ortho intramolecular Hbond substituents is 1. The van der Waals surface area contributed by atoms with E-state index >= 15 is 0 Å². The first-order valence-electron chi connectivity index (χ1n) is 17.3. The van der Waals surface area contributed by atoms with Gasteiger partial charge in [0.05, 0.1) is 0 Å². The number of phenols is 1. The van der Waals surface area contributed by atoms with E-state index < -0.39 is 0 Å². The lowest BCUT2D eigenvalue weighted by molar-refractivity contribution is 0.441. The Hall–Kier alpha value is -0.280. The van der Waals surface area contributed by atoms with Gasteiger partial charge in [0.1, 0.15) is 5.75 Å². The highest BCUT2D eigenvalue weighted by atomic mass is 32.2. The van der Waals surface area contributed by atoms with Crippen LogP contribution in [0.25, 0.3) is 0 Å². The molecule has 0 aromatic heterocycles. The van der Waals surface area contributed by atoms with Crippen LogP contribution in [0.2, 0.25) is 0 Å². The molecule has 1 nitrogen and oxygen atoms in total. The molecular formula is C37H68OS2. The van der Waals surface area contributed by atoms with Gasteiger partial charge in [0.25, 0.3) is 0 Å². The molecule has 1 aromatic carbocycles. The van der Waals surface area contributed by atoms with Crippen molar-refractivity contribution in [2.75, 3.05) is 11.5 Å². The Kier molecular flexibility index (Phi) is 22.8. The summed E-state index contributed by atoms with van der Waals surface area (Å²) < 4.78 is 0. The summed E-state index contributed by atoms with van der Waals surface area (Å²) in [7, 11) is 0. The minimum absolute atomic E-state index is 0.0380. The summed E-state index contributed by atoms with van der Waals surface area (Å²) in [6.45, 7) is 13.5. The van der Waals surface area contributed by atoms with Crippen molar-refractivity contribution in [2.45, 2.75) is 187 Å². The van der Waals surface area contributed by atoms with Crippen molar-refractivity contribution in [3.63, 3.8) is 0 Å². The van der Waals surface area contributed by atoms with Crippen LogP contribution in [0.3, 0.4) is 0 Å². The maximum absolute atomic E-state index is 11.3. The molecule has 234 valence electrons. The van der Waals surface area contributed by atoms with Crippen LogP contribution < -0.4 is 0 Å². The van der Waals surface area contributed by atoms with Gasteiger partial charge in [-0.05, 0) is 53.4 Å². The van der Waals surface area contributed by atoms with E-state index in [-0.39, 0.29) is 5.41 Å². The van der Waals surface area contributed by atoms with E-state index in [1.165, 1.54) is 157 Å². The Labute approximate surface area is 260 Å². The lowest BCUT2D eigenvalue weighted by atomic mass is 9.83. The van der Waals surface area contributed by atoms with Crippen LogP contribution in [-0.2, 0) is 16.9 Å². The van der Waals surface area contributed by atoms with E-state index in [0.29, 0.717) is 5.75 Å². The molecule has 0 bridgehead atoms. The molecule has 0 saturated heterocycles. The maximum atomic E-state index is 11.3. The van der Waals surface area contributed by atoms with Gasteiger partial charge in [0.2, 0.25) is 0 Å². The average Bonchev–Trinajstić information content (AvgIpc) is 2.91. The van der Waals surface area contributed by atoms with Crippen LogP contribution in [0.5, 0.6) is 5.75 Å². The SMILES string of the molecule is CCCCCCCCCCCCSCc1cc(C(C)(C)C)c(O)c(CSCCCCCCCCCCCC)c1C. The molecule has 0 aliphatic heterocycles. The number of hydrogen-bond acceptors (Lipinski definition) is 3. The second-order valence-electron chi connectivity index (χ2n) is 13.3. The van der Waals surface area contributed by atoms with Crippen molar-refractivity contribution in [1.82, 2.24) is 0 Å². The number of rotatable bonds is 26. The van der Waals surface area contributed by atoms with Crippen molar-refractivity contribution < 1.29 is 5.11 Å². The summed E-state index contributed by atoms with van der Waals surface area (Å²) in [5, 5.41) is 11.3. The molecule has 0 atom stereocenters. The molecule has 1 aromatic rings. The Bertz CT molecular complexity index is 737. The van der Waals surface area contributed by atoms with Gasteiger partial charge < -0.3 is 5.11 Å². The van der Waals surface area contributed by atoms with E-state index in [9.17, 15) is 5.11 Å². The Morgan fingerprint density at radius 1 is 0.575 bits per heavy atom. The number of thioether (sulfide) groups is 2. The molecular weight excluding hydrogens is 525 g/mol. The fraction of sp³-hybridized carbons (Fsp3) is 0.838. The molecule has 1 rings (SSSR count). The molecule has 0 heterocycles. The fourth-order valence-electron chi connectivity index (χ4n) is 5.52. The smallest absolute Gasteiger partial charge is 0.123 e. The summed E-state index contributed by atoms with van der Waals surface area (Å²) in [6.07, 6.45) is 27.9.